The van der Waals surface area contributed by atoms with Crippen LogP contribution in [0.15, 0.2) is 35.1 Å². The SMILES string of the molecule is COc1ccc(Cl)cc1-c1ccc(C(C)=O)c(=O)n1C. The van der Waals surface area contributed by atoms with Crippen molar-refractivity contribution < 1.29 is 9.53 Å². The number of halogens is 1. The summed E-state index contributed by atoms with van der Waals surface area (Å²) in [4.78, 5) is 23.5. The number of Topliss-reactive ketones (excluding diaryl/α,β-unsaturated/α-hetero) is 1. The van der Waals surface area contributed by atoms with Gasteiger partial charge in [-0.15, -0.1) is 0 Å². The lowest BCUT2D eigenvalue weighted by Crippen LogP contribution is -2.24. The zero-order chi connectivity index (χ0) is 14.9. The predicted octanol–water partition coefficient (Wildman–Crippen LogP) is 2.92. The number of carbonyl (C=O) groups excluding carboxylic acids is 1. The second-order valence-corrected chi connectivity index (χ2v) is 4.83. The van der Waals surface area contributed by atoms with Crippen LogP contribution in [-0.4, -0.2) is 17.5 Å². The minimum atomic E-state index is -0.336. The Morgan fingerprint density at radius 1 is 1.25 bits per heavy atom. The van der Waals surface area contributed by atoms with Crippen LogP contribution >= 0.6 is 11.6 Å². The van der Waals surface area contributed by atoms with Gasteiger partial charge in [0.2, 0.25) is 0 Å². The monoisotopic (exact) mass is 291 g/mol. The Balaban J connectivity index is 2.72. The lowest BCUT2D eigenvalue weighted by molar-refractivity contribution is 0.101. The number of aromatic nitrogens is 1. The van der Waals surface area contributed by atoms with Crippen LogP contribution in [0.25, 0.3) is 11.3 Å². The third-order valence-electron chi connectivity index (χ3n) is 3.12. The van der Waals surface area contributed by atoms with E-state index in [4.69, 9.17) is 16.3 Å². The fraction of sp³-hybridized carbons (Fsp3) is 0.200. The molecule has 0 amide bonds. The molecule has 20 heavy (non-hydrogen) atoms. The Morgan fingerprint density at radius 2 is 1.95 bits per heavy atom. The van der Waals surface area contributed by atoms with Gasteiger partial charge in [-0.3, -0.25) is 9.59 Å². The van der Waals surface area contributed by atoms with Crippen molar-refractivity contribution >= 4 is 17.4 Å². The Morgan fingerprint density at radius 3 is 2.55 bits per heavy atom. The minimum Gasteiger partial charge on any atom is -0.496 e. The number of methoxy groups -OCH3 is 1. The standard InChI is InChI=1S/C15H14ClNO3/c1-9(18)11-5-6-13(17(2)15(11)19)12-8-10(16)4-7-14(12)20-3/h4-8H,1-3H3. The highest BCUT2D eigenvalue weighted by Crippen LogP contribution is 2.31. The van der Waals surface area contributed by atoms with Crippen molar-refractivity contribution in [3.63, 3.8) is 0 Å². The van der Waals surface area contributed by atoms with E-state index in [-0.39, 0.29) is 16.9 Å². The second-order valence-electron chi connectivity index (χ2n) is 4.40. The van der Waals surface area contributed by atoms with Crippen LogP contribution in [0.5, 0.6) is 5.75 Å². The molecule has 0 fully saturated rings. The van der Waals surface area contributed by atoms with E-state index < -0.39 is 0 Å². The van der Waals surface area contributed by atoms with Gasteiger partial charge in [-0.05, 0) is 37.3 Å². The van der Waals surface area contributed by atoms with E-state index in [0.29, 0.717) is 22.0 Å². The van der Waals surface area contributed by atoms with Crippen LogP contribution < -0.4 is 10.3 Å². The first-order valence-electron chi connectivity index (χ1n) is 6.00. The van der Waals surface area contributed by atoms with E-state index in [1.54, 1.807) is 38.4 Å². The minimum absolute atomic E-state index is 0.164. The van der Waals surface area contributed by atoms with Crippen LogP contribution in [0.1, 0.15) is 17.3 Å². The molecule has 2 aromatic rings. The molecule has 0 aliphatic heterocycles. The Hall–Kier alpha value is -2.07. The molecule has 0 spiro atoms. The number of pyridine rings is 1. The third-order valence-corrected chi connectivity index (χ3v) is 3.36. The normalized spacial score (nSPS) is 10.4. The first-order valence-corrected chi connectivity index (χ1v) is 6.38. The lowest BCUT2D eigenvalue weighted by Gasteiger charge is -2.13. The third kappa shape index (κ3) is 2.47. The smallest absolute Gasteiger partial charge is 0.261 e. The number of nitrogens with zero attached hydrogens (tertiary/aromatic N) is 1. The van der Waals surface area contributed by atoms with Crippen molar-refractivity contribution in [1.82, 2.24) is 4.57 Å². The van der Waals surface area contributed by atoms with Gasteiger partial charge < -0.3 is 9.30 Å². The molecule has 0 radical (unpaired) electrons. The molecular weight excluding hydrogens is 278 g/mol. The van der Waals surface area contributed by atoms with Gasteiger partial charge in [0.05, 0.1) is 18.4 Å². The van der Waals surface area contributed by atoms with Crippen molar-refractivity contribution in [2.45, 2.75) is 6.92 Å². The summed E-state index contributed by atoms with van der Waals surface area (Å²) in [5.41, 5.74) is 1.17. The molecule has 1 heterocycles. The Labute approximate surface area is 121 Å². The molecule has 2 rings (SSSR count). The lowest BCUT2D eigenvalue weighted by atomic mass is 10.1. The molecule has 0 bridgehead atoms. The zero-order valence-electron chi connectivity index (χ0n) is 11.4. The number of carbonyl (C=O) groups is 1. The molecule has 0 atom stereocenters. The van der Waals surface area contributed by atoms with Crippen molar-refractivity contribution in [2.24, 2.45) is 7.05 Å². The molecule has 1 aromatic carbocycles. The van der Waals surface area contributed by atoms with Crippen molar-refractivity contribution in [2.75, 3.05) is 7.11 Å². The molecule has 0 N–H and O–H groups in total. The molecule has 0 saturated heterocycles. The predicted molar refractivity (Wildman–Crippen MR) is 78.7 cm³/mol. The number of hydrogen-bond donors (Lipinski definition) is 0. The van der Waals surface area contributed by atoms with Crippen molar-refractivity contribution in [1.29, 1.82) is 0 Å². The van der Waals surface area contributed by atoms with E-state index >= 15 is 0 Å². The number of ether oxygens (including phenoxy) is 1. The Kier molecular flexibility index (Phi) is 3.95. The van der Waals surface area contributed by atoms with Gasteiger partial charge in [-0.25, -0.2) is 0 Å². The summed E-state index contributed by atoms with van der Waals surface area (Å²) in [7, 11) is 3.17. The summed E-state index contributed by atoms with van der Waals surface area (Å²) in [6.07, 6.45) is 0. The summed E-state index contributed by atoms with van der Waals surface area (Å²) in [5.74, 6) is 0.357. The molecule has 0 saturated carbocycles. The van der Waals surface area contributed by atoms with Gasteiger partial charge in [-0.2, -0.15) is 0 Å². The van der Waals surface area contributed by atoms with E-state index in [9.17, 15) is 9.59 Å². The number of benzene rings is 1. The molecule has 4 nitrogen and oxygen atoms in total. The fourth-order valence-electron chi connectivity index (χ4n) is 2.05. The number of ketones is 1. The molecule has 0 aliphatic rings. The van der Waals surface area contributed by atoms with E-state index in [2.05, 4.69) is 0 Å². The van der Waals surface area contributed by atoms with E-state index in [1.807, 2.05) is 0 Å². The van der Waals surface area contributed by atoms with E-state index in [0.717, 1.165) is 0 Å². The Bertz CT molecular complexity index is 734. The van der Waals surface area contributed by atoms with Crippen LogP contribution in [-0.2, 0) is 7.05 Å². The fourth-order valence-corrected chi connectivity index (χ4v) is 2.23. The molecular formula is C15H14ClNO3. The van der Waals surface area contributed by atoms with Gasteiger partial charge in [-0.1, -0.05) is 11.6 Å². The molecule has 1 aromatic heterocycles. The average Bonchev–Trinajstić information content (AvgIpc) is 2.41. The maximum absolute atomic E-state index is 12.2. The highest BCUT2D eigenvalue weighted by Gasteiger charge is 2.14. The first kappa shape index (κ1) is 14.3. The van der Waals surface area contributed by atoms with Crippen molar-refractivity contribution in [3.05, 3.63) is 51.3 Å². The average molecular weight is 292 g/mol. The molecule has 104 valence electrons. The summed E-state index contributed by atoms with van der Waals surface area (Å²) < 4.78 is 6.71. The van der Waals surface area contributed by atoms with Crippen molar-refractivity contribution in [3.8, 4) is 17.0 Å². The quantitative estimate of drug-likeness (QED) is 0.817. The summed E-state index contributed by atoms with van der Waals surface area (Å²) >= 11 is 6.00. The van der Waals surface area contributed by atoms with Gasteiger partial charge in [0, 0.05) is 17.6 Å². The van der Waals surface area contributed by atoms with Gasteiger partial charge in [0.15, 0.2) is 5.78 Å². The first-order chi connectivity index (χ1) is 9.45. The molecule has 5 heteroatoms. The maximum atomic E-state index is 12.2. The number of hydrogen-bond acceptors (Lipinski definition) is 3. The van der Waals surface area contributed by atoms with Crippen LogP contribution in [0.4, 0.5) is 0 Å². The summed E-state index contributed by atoms with van der Waals surface area (Å²) in [5, 5.41) is 0.545. The number of rotatable bonds is 3. The van der Waals surface area contributed by atoms with Gasteiger partial charge in [0.1, 0.15) is 5.75 Å². The second kappa shape index (κ2) is 5.51. The van der Waals surface area contributed by atoms with E-state index in [1.165, 1.54) is 17.6 Å². The maximum Gasteiger partial charge on any atom is 0.261 e. The summed E-state index contributed by atoms with van der Waals surface area (Å²) in [6.45, 7) is 1.37. The van der Waals surface area contributed by atoms with Crippen LogP contribution in [0.2, 0.25) is 5.02 Å². The van der Waals surface area contributed by atoms with Crippen LogP contribution in [0.3, 0.4) is 0 Å². The van der Waals surface area contributed by atoms with Crippen LogP contribution in [0, 0.1) is 0 Å². The highest BCUT2D eigenvalue weighted by atomic mass is 35.5. The summed E-state index contributed by atoms with van der Waals surface area (Å²) in [6, 6.07) is 8.42. The topological polar surface area (TPSA) is 48.3 Å². The van der Waals surface area contributed by atoms with Gasteiger partial charge >= 0.3 is 0 Å². The zero-order valence-corrected chi connectivity index (χ0v) is 12.2. The molecule has 0 unspecified atom stereocenters. The highest BCUT2D eigenvalue weighted by molar-refractivity contribution is 6.31. The van der Waals surface area contributed by atoms with Gasteiger partial charge in [0.25, 0.3) is 5.56 Å². The largest absolute Gasteiger partial charge is 0.496 e. The molecule has 0 aliphatic carbocycles.